The summed E-state index contributed by atoms with van der Waals surface area (Å²) < 4.78 is 0. The molecule has 1 atom stereocenters. The number of nitrogens with one attached hydrogen (secondary N) is 2. The highest BCUT2D eigenvalue weighted by atomic mass is 16.4. The molecule has 0 aromatic carbocycles. The molecule has 8 heteroatoms. The molecular formula is C11H13N3O5. The van der Waals surface area contributed by atoms with Gasteiger partial charge >= 0.3 is 18.0 Å². The monoisotopic (exact) mass is 267 g/mol. The van der Waals surface area contributed by atoms with Crippen molar-refractivity contribution in [2.45, 2.75) is 19.4 Å². The van der Waals surface area contributed by atoms with Crippen LogP contribution < -0.4 is 10.6 Å². The summed E-state index contributed by atoms with van der Waals surface area (Å²) in [5.41, 5.74) is 1.14. The Hall–Kier alpha value is -2.64. The van der Waals surface area contributed by atoms with Gasteiger partial charge in [0.05, 0.1) is 18.3 Å². The zero-order chi connectivity index (χ0) is 14.4. The molecule has 8 nitrogen and oxygen atoms in total. The number of anilines is 1. The number of carbonyl (C=O) groups is 3. The van der Waals surface area contributed by atoms with Gasteiger partial charge in [-0.2, -0.15) is 0 Å². The number of nitrogens with zero attached hydrogens (tertiary/aromatic N) is 1. The molecule has 0 fully saturated rings. The van der Waals surface area contributed by atoms with Crippen LogP contribution in [0.2, 0.25) is 0 Å². The molecule has 19 heavy (non-hydrogen) atoms. The third-order valence-corrected chi connectivity index (χ3v) is 2.15. The van der Waals surface area contributed by atoms with Gasteiger partial charge in [-0.1, -0.05) is 0 Å². The van der Waals surface area contributed by atoms with Crippen LogP contribution in [0, 0.1) is 6.92 Å². The summed E-state index contributed by atoms with van der Waals surface area (Å²) in [6.45, 7) is 1.77. The number of aryl methyl sites for hydroxylation is 1. The van der Waals surface area contributed by atoms with Crippen molar-refractivity contribution in [2.75, 3.05) is 5.32 Å². The Kier molecular flexibility index (Phi) is 4.81. The number of aromatic nitrogens is 1. The second-order valence-corrected chi connectivity index (χ2v) is 3.78. The summed E-state index contributed by atoms with van der Waals surface area (Å²) in [7, 11) is 0. The van der Waals surface area contributed by atoms with Gasteiger partial charge in [-0.05, 0) is 19.1 Å². The third-order valence-electron chi connectivity index (χ3n) is 2.15. The average molecular weight is 267 g/mol. The van der Waals surface area contributed by atoms with Crippen LogP contribution in [-0.2, 0) is 9.59 Å². The van der Waals surface area contributed by atoms with Gasteiger partial charge in [0.2, 0.25) is 0 Å². The van der Waals surface area contributed by atoms with Crippen molar-refractivity contribution in [3.63, 3.8) is 0 Å². The predicted molar refractivity (Wildman–Crippen MR) is 64.8 cm³/mol. The molecule has 4 N–H and O–H groups in total. The Labute approximate surface area is 108 Å². The second-order valence-electron chi connectivity index (χ2n) is 3.78. The third kappa shape index (κ3) is 5.02. The first-order chi connectivity index (χ1) is 8.88. The lowest BCUT2D eigenvalue weighted by Gasteiger charge is -2.13. The first-order valence-electron chi connectivity index (χ1n) is 5.33. The van der Waals surface area contributed by atoms with Crippen LogP contribution in [0.25, 0.3) is 0 Å². The molecule has 2 amide bonds. The Morgan fingerprint density at radius 1 is 1.32 bits per heavy atom. The van der Waals surface area contributed by atoms with Crippen molar-refractivity contribution in [3.05, 3.63) is 24.0 Å². The van der Waals surface area contributed by atoms with Crippen molar-refractivity contribution in [3.8, 4) is 0 Å². The fourth-order valence-corrected chi connectivity index (χ4v) is 1.24. The van der Waals surface area contributed by atoms with E-state index < -0.39 is 30.4 Å². The van der Waals surface area contributed by atoms with Gasteiger partial charge in [-0.25, -0.2) is 9.59 Å². The zero-order valence-electron chi connectivity index (χ0n) is 10.1. The van der Waals surface area contributed by atoms with Gasteiger partial charge in [0.15, 0.2) is 0 Å². The molecule has 1 aromatic heterocycles. The van der Waals surface area contributed by atoms with Crippen molar-refractivity contribution in [1.29, 1.82) is 0 Å². The minimum absolute atomic E-state index is 0.377. The van der Waals surface area contributed by atoms with E-state index in [9.17, 15) is 14.4 Å². The zero-order valence-corrected chi connectivity index (χ0v) is 10.1. The minimum atomic E-state index is -1.49. The number of carbonyl (C=O) groups excluding carboxylic acids is 1. The number of hydrogen-bond donors (Lipinski definition) is 4. The highest BCUT2D eigenvalue weighted by molar-refractivity contribution is 5.93. The lowest BCUT2D eigenvalue weighted by atomic mass is 10.2. The summed E-state index contributed by atoms with van der Waals surface area (Å²) in [5.74, 6) is -2.73. The van der Waals surface area contributed by atoms with Crippen molar-refractivity contribution in [2.24, 2.45) is 0 Å². The van der Waals surface area contributed by atoms with E-state index in [2.05, 4.69) is 15.6 Å². The Morgan fingerprint density at radius 3 is 2.47 bits per heavy atom. The number of carboxylic acid groups (broad SMARTS) is 2. The molecule has 1 heterocycles. The van der Waals surface area contributed by atoms with Gasteiger partial charge in [0, 0.05) is 5.69 Å². The van der Waals surface area contributed by atoms with Crippen LogP contribution in [0.15, 0.2) is 18.3 Å². The van der Waals surface area contributed by atoms with E-state index in [0.717, 1.165) is 5.69 Å². The Balaban J connectivity index is 2.59. The lowest BCUT2D eigenvalue weighted by molar-refractivity contribution is -0.145. The number of aliphatic carboxylic acids is 2. The number of pyridine rings is 1. The van der Waals surface area contributed by atoms with Gasteiger partial charge in [-0.15, -0.1) is 0 Å². The summed E-state index contributed by atoms with van der Waals surface area (Å²) in [6.07, 6.45) is 0.705. The molecule has 0 aliphatic rings. The number of urea groups is 1. The number of rotatable bonds is 5. The number of hydrogen-bond acceptors (Lipinski definition) is 4. The second kappa shape index (κ2) is 6.34. The molecule has 1 rings (SSSR count). The maximum atomic E-state index is 11.5. The quantitative estimate of drug-likeness (QED) is 0.612. The van der Waals surface area contributed by atoms with Crippen molar-refractivity contribution in [1.82, 2.24) is 10.3 Å². The van der Waals surface area contributed by atoms with E-state index in [1.165, 1.54) is 6.20 Å². The van der Waals surface area contributed by atoms with Crippen LogP contribution in [0.3, 0.4) is 0 Å². The molecule has 0 bridgehead atoms. The number of carboxylic acids is 2. The molecule has 0 aliphatic carbocycles. The highest BCUT2D eigenvalue weighted by Gasteiger charge is 2.22. The van der Waals surface area contributed by atoms with Gasteiger partial charge in [0.25, 0.3) is 0 Å². The topological polar surface area (TPSA) is 129 Å². The van der Waals surface area contributed by atoms with E-state index in [4.69, 9.17) is 10.2 Å². The molecule has 1 unspecified atom stereocenters. The fourth-order valence-electron chi connectivity index (χ4n) is 1.24. The van der Waals surface area contributed by atoms with Gasteiger partial charge in [0.1, 0.15) is 6.04 Å². The normalized spacial score (nSPS) is 11.4. The van der Waals surface area contributed by atoms with Crippen LogP contribution in [-0.4, -0.2) is 39.2 Å². The minimum Gasteiger partial charge on any atom is -0.481 e. The molecule has 0 radical (unpaired) electrons. The molecule has 0 saturated heterocycles. The van der Waals surface area contributed by atoms with E-state index in [1.54, 1.807) is 19.1 Å². The first kappa shape index (κ1) is 14.4. The highest BCUT2D eigenvalue weighted by Crippen LogP contribution is 2.05. The van der Waals surface area contributed by atoms with E-state index in [-0.39, 0.29) is 0 Å². The smallest absolute Gasteiger partial charge is 0.326 e. The molecule has 0 saturated carbocycles. The summed E-state index contributed by atoms with van der Waals surface area (Å²) >= 11 is 0. The Bertz CT molecular complexity index is 486. The van der Waals surface area contributed by atoms with Crippen LogP contribution in [0.5, 0.6) is 0 Å². The molecule has 102 valence electrons. The summed E-state index contributed by atoms with van der Waals surface area (Å²) in [4.78, 5) is 36.6. The van der Waals surface area contributed by atoms with Crippen LogP contribution in [0.4, 0.5) is 10.5 Å². The summed E-state index contributed by atoms with van der Waals surface area (Å²) in [5, 5.41) is 21.7. The van der Waals surface area contributed by atoms with Gasteiger partial charge in [-0.3, -0.25) is 9.78 Å². The largest absolute Gasteiger partial charge is 0.481 e. The SMILES string of the molecule is Cc1ccc(NC(=O)NC(CC(=O)O)C(=O)O)cn1. The average Bonchev–Trinajstić information content (AvgIpc) is 2.30. The molecule has 1 aromatic rings. The van der Waals surface area contributed by atoms with Crippen molar-refractivity contribution < 1.29 is 24.6 Å². The fraction of sp³-hybridized carbons (Fsp3) is 0.273. The molecule has 0 spiro atoms. The summed E-state index contributed by atoms with van der Waals surface area (Å²) in [6, 6.07) is 0.964. The van der Waals surface area contributed by atoms with E-state index in [1.807, 2.05) is 0 Å². The standard InChI is InChI=1S/C11H13N3O5/c1-6-2-3-7(5-12-6)13-11(19)14-8(10(17)18)4-9(15)16/h2-3,5,8H,4H2,1H3,(H,15,16)(H,17,18)(H2,13,14,19). The van der Waals surface area contributed by atoms with Crippen molar-refractivity contribution >= 4 is 23.7 Å². The van der Waals surface area contributed by atoms with E-state index in [0.29, 0.717) is 5.69 Å². The first-order valence-corrected chi connectivity index (χ1v) is 5.33. The van der Waals surface area contributed by atoms with Gasteiger partial charge < -0.3 is 20.8 Å². The predicted octanol–water partition coefficient (Wildman–Crippen LogP) is 0.439. The molecule has 0 aliphatic heterocycles. The maximum absolute atomic E-state index is 11.5. The Morgan fingerprint density at radius 2 is 2.00 bits per heavy atom. The van der Waals surface area contributed by atoms with Crippen LogP contribution in [0.1, 0.15) is 12.1 Å². The molecular weight excluding hydrogens is 254 g/mol. The van der Waals surface area contributed by atoms with E-state index >= 15 is 0 Å². The number of amides is 2. The maximum Gasteiger partial charge on any atom is 0.326 e. The lowest BCUT2D eigenvalue weighted by Crippen LogP contribution is -2.44. The van der Waals surface area contributed by atoms with Crippen LogP contribution >= 0.6 is 0 Å².